The number of oxazole rings is 1. The minimum atomic E-state index is 0.617. The molecule has 9 aromatic rings. The first-order chi connectivity index (χ1) is 23.3. The lowest BCUT2D eigenvalue weighted by Gasteiger charge is -2.26. The van der Waals surface area contributed by atoms with Gasteiger partial charge in [-0.05, 0) is 65.0 Å². The highest BCUT2D eigenvalue weighted by molar-refractivity contribution is 6.13. The van der Waals surface area contributed by atoms with Crippen molar-refractivity contribution in [3.05, 3.63) is 158 Å². The average Bonchev–Trinajstić information content (AvgIpc) is 3.83. The summed E-state index contributed by atoms with van der Waals surface area (Å²) in [6.45, 7) is 0. The molecule has 47 heavy (non-hydrogen) atoms. The Morgan fingerprint density at radius 1 is 0.468 bits per heavy atom. The van der Waals surface area contributed by atoms with Gasteiger partial charge >= 0.3 is 0 Å². The minimum Gasteiger partial charge on any atom is -0.454 e. The van der Waals surface area contributed by atoms with Crippen LogP contribution in [0.25, 0.3) is 77.9 Å². The van der Waals surface area contributed by atoms with E-state index in [1.807, 2.05) is 18.2 Å². The maximum atomic E-state index is 6.51. The molecule has 0 amide bonds. The highest BCUT2D eigenvalue weighted by atomic mass is 16.4. The number of benzene rings is 7. The lowest BCUT2D eigenvalue weighted by molar-refractivity contribution is 0.590. The monoisotopic (exact) mass is 602 g/mol. The van der Waals surface area contributed by atoms with Crippen LogP contribution in [0.1, 0.15) is 0 Å². The molecule has 1 aliphatic rings. The van der Waals surface area contributed by atoms with E-state index in [4.69, 9.17) is 13.8 Å². The molecule has 0 bridgehead atoms. The number of furan rings is 1. The maximum Gasteiger partial charge on any atom is 0.227 e. The van der Waals surface area contributed by atoms with Crippen LogP contribution in [0.15, 0.2) is 167 Å². The van der Waals surface area contributed by atoms with Crippen molar-refractivity contribution in [3.8, 4) is 45.2 Å². The van der Waals surface area contributed by atoms with Crippen LogP contribution in [0, 0.1) is 0 Å². The van der Waals surface area contributed by atoms with E-state index in [-0.39, 0.29) is 0 Å². The second-order valence-electron chi connectivity index (χ2n) is 12.0. The van der Waals surface area contributed by atoms with Crippen LogP contribution in [0.5, 0.6) is 0 Å². The molecule has 0 saturated heterocycles. The van der Waals surface area contributed by atoms with E-state index >= 15 is 0 Å². The van der Waals surface area contributed by atoms with Gasteiger partial charge in [0.2, 0.25) is 5.89 Å². The predicted octanol–water partition coefficient (Wildman–Crippen LogP) is 12.2. The van der Waals surface area contributed by atoms with Gasteiger partial charge in [0.25, 0.3) is 0 Å². The first-order valence-electron chi connectivity index (χ1n) is 15.8. The number of hydrogen-bond donors (Lipinski definition) is 0. The number of hydrogen-bond acceptors (Lipinski definition) is 4. The zero-order valence-corrected chi connectivity index (χ0v) is 25.2. The summed E-state index contributed by atoms with van der Waals surface area (Å²) >= 11 is 0. The van der Waals surface area contributed by atoms with Crippen LogP contribution in [0.4, 0.5) is 17.1 Å². The third-order valence-electron chi connectivity index (χ3n) is 9.26. The van der Waals surface area contributed by atoms with Crippen molar-refractivity contribution in [1.29, 1.82) is 0 Å². The van der Waals surface area contributed by atoms with E-state index in [1.54, 1.807) is 0 Å². The average molecular weight is 603 g/mol. The van der Waals surface area contributed by atoms with Gasteiger partial charge in [0, 0.05) is 44.2 Å². The topological polar surface area (TPSA) is 42.4 Å². The van der Waals surface area contributed by atoms with Crippen molar-refractivity contribution in [1.82, 2.24) is 4.98 Å². The van der Waals surface area contributed by atoms with Crippen molar-refractivity contribution >= 4 is 49.8 Å². The zero-order valence-electron chi connectivity index (χ0n) is 25.2. The number of para-hydroxylation sites is 2. The Hall–Kier alpha value is -6.39. The Balaban J connectivity index is 1.09. The van der Waals surface area contributed by atoms with Crippen LogP contribution in [0.2, 0.25) is 0 Å². The summed E-state index contributed by atoms with van der Waals surface area (Å²) in [5.41, 5.74) is 11.2. The summed E-state index contributed by atoms with van der Waals surface area (Å²) in [5.74, 6) is 1.46. The summed E-state index contributed by atoms with van der Waals surface area (Å²) in [5, 5.41) is 4.61. The Morgan fingerprint density at radius 2 is 1.11 bits per heavy atom. The van der Waals surface area contributed by atoms with Gasteiger partial charge in [-0.1, -0.05) is 109 Å². The van der Waals surface area contributed by atoms with Gasteiger partial charge in [-0.2, -0.15) is 0 Å². The van der Waals surface area contributed by atoms with Gasteiger partial charge in [-0.25, -0.2) is 4.98 Å². The third kappa shape index (κ3) is 3.98. The van der Waals surface area contributed by atoms with Gasteiger partial charge in [0.15, 0.2) is 11.3 Å². The van der Waals surface area contributed by atoms with Crippen LogP contribution in [-0.4, -0.2) is 4.98 Å². The van der Waals surface area contributed by atoms with Crippen LogP contribution >= 0.6 is 0 Å². The molecule has 0 fully saturated rings. The molecule has 0 radical (unpaired) electrons. The molecule has 0 atom stereocenters. The van der Waals surface area contributed by atoms with Crippen molar-refractivity contribution in [2.45, 2.75) is 0 Å². The highest BCUT2D eigenvalue weighted by Gasteiger charge is 2.28. The second-order valence-corrected chi connectivity index (χ2v) is 12.0. The number of nitrogens with zero attached hydrogens (tertiary/aromatic N) is 2. The minimum absolute atomic E-state index is 0.617. The molecule has 0 aliphatic heterocycles. The van der Waals surface area contributed by atoms with E-state index in [1.165, 1.54) is 21.9 Å². The number of anilines is 3. The quantitative estimate of drug-likeness (QED) is 0.197. The molecular weight excluding hydrogens is 576 g/mol. The Kier molecular flexibility index (Phi) is 5.54. The molecule has 4 heteroatoms. The lowest BCUT2D eigenvalue weighted by Crippen LogP contribution is -2.10. The predicted molar refractivity (Wildman–Crippen MR) is 191 cm³/mol. The van der Waals surface area contributed by atoms with E-state index in [0.29, 0.717) is 5.89 Å². The maximum absolute atomic E-state index is 6.51. The fourth-order valence-electron chi connectivity index (χ4n) is 7.06. The number of fused-ring (bicyclic) bond motifs is 6. The number of aromatic nitrogens is 1. The van der Waals surface area contributed by atoms with Gasteiger partial charge < -0.3 is 13.7 Å². The molecule has 4 nitrogen and oxygen atoms in total. The summed E-state index contributed by atoms with van der Waals surface area (Å²) in [4.78, 5) is 7.26. The van der Waals surface area contributed by atoms with Crippen molar-refractivity contribution in [3.63, 3.8) is 0 Å². The Bertz CT molecular complexity index is 2560. The molecule has 0 N–H and O–H groups in total. The molecule has 0 unspecified atom stereocenters. The van der Waals surface area contributed by atoms with Gasteiger partial charge in [-0.3, -0.25) is 0 Å². The van der Waals surface area contributed by atoms with Gasteiger partial charge in [-0.15, -0.1) is 0 Å². The summed E-state index contributed by atoms with van der Waals surface area (Å²) in [7, 11) is 0. The smallest absolute Gasteiger partial charge is 0.227 e. The van der Waals surface area contributed by atoms with E-state index in [0.717, 1.165) is 67.1 Å². The largest absolute Gasteiger partial charge is 0.454 e. The second kappa shape index (κ2) is 10.1. The van der Waals surface area contributed by atoms with Crippen LogP contribution < -0.4 is 4.90 Å². The Morgan fingerprint density at radius 3 is 1.89 bits per heavy atom. The molecular formula is C43H26N2O2. The molecule has 0 saturated carbocycles. The van der Waals surface area contributed by atoms with Crippen LogP contribution in [0.3, 0.4) is 0 Å². The van der Waals surface area contributed by atoms with Crippen LogP contribution in [-0.2, 0) is 0 Å². The van der Waals surface area contributed by atoms with Crippen molar-refractivity contribution in [2.24, 2.45) is 0 Å². The zero-order chi connectivity index (χ0) is 30.9. The summed E-state index contributed by atoms with van der Waals surface area (Å²) < 4.78 is 13.0. The molecule has 2 heterocycles. The van der Waals surface area contributed by atoms with Gasteiger partial charge in [0.05, 0.1) is 5.69 Å². The Labute approximate surface area is 270 Å². The first-order valence-corrected chi connectivity index (χ1v) is 15.8. The normalized spacial score (nSPS) is 11.8. The fourth-order valence-corrected chi connectivity index (χ4v) is 7.06. The molecule has 7 aromatic carbocycles. The SMILES string of the molecule is c1ccc(-c2ccc(N(c3ccc(-c4nc5c(o4)-c4cccc6cccc-5c46)cc3)c3cccc4c3oc3ccccc34)cc2)cc1. The molecule has 0 spiro atoms. The van der Waals surface area contributed by atoms with Gasteiger partial charge in [0.1, 0.15) is 11.3 Å². The fraction of sp³-hybridized carbons (Fsp3) is 0. The van der Waals surface area contributed by atoms with Crippen molar-refractivity contribution in [2.75, 3.05) is 4.90 Å². The lowest BCUT2D eigenvalue weighted by atomic mass is 10.0. The highest BCUT2D eigenvalue weighted by Crippen LogP contribution is 2.49. The standard InChI is InChI=1S/C43H26N2O2/c1-2-9-27(10-3-1)28-19-23-31(24-20-28)45(37-17-8-14-34-33-13-4-5-18-38(33)46-41(34)37)32-25-21-30(22-26-32)43-44-40-35-15-6-11-29-12-7-16-36(39(29)35)42(40)47-43/h1-26H. The third-order valence-corrected chi connectivity index (χ3v) is 9.26. The molecule has 220 valence electrons. The van der Waals surface area contributed by atoms with Crippen molar-refractivity contribution < 1.29 is 8.83 Å². The summed E-state index contributed by atoms with van der Waals surface area (Å²) in [6.07, 6.45) is 0. The molecule has 1 aliphatic carbocycles. The van der Waals surface area contributed by atoms with E-state index in [9.17, 15) is 0 Å². The molecule has 2 aromatic heterocycles. The number of rotatable bonds is 5. The first kappa shape index (κ1) is 25.9. The molecule has 10 rings (SSSR count). The summed E-state index contributed by atoms with van der Waals surface area (Å²) in [6, 6.07) is 54.9. The van der Waals surface area contributed by atoms with E-state index < -0.39 is 0 Å². The van der Waals surface area contributed by atoms with E-state index in [2.05, 4.69) is 144 Å².